The molecule has 0 aliphatic heterocycles. The Kier molecular flexibility index (Phi) is 3.16. The average molecular weight is 209 g/mol. The fourth-order valence-corrected chi connectivity index (χ4v) is 1.61. The van der Waals surface area contributed by atoms with Crippen molar-refractivity contribution in [2.75, 3.05) is 0 Å². The molecule has 80 valence electrons. The zero-order chi connectivity index (χ0) is 11.4. The van der Waals surface area contributed by atoms with Crippen LogP contribution >= 0.6 is 0 Å². The van der Waals surface area contributed by atoms with Crippen LogP contribution in [0.15, 0.2) is 42.5 Å². The molecule has 1 heterocycles. The van der Waals surface area contributed by atoms with Gasteiger partial charge < -0.3 is 0 Å². The van der Waals surface area contributed by atoms with Crippen LogP contribution in [0.3, 0.4) is 0 Å². The number of aromatic nitrogens is 1. The van der Waals surface area contributed by atoms with E-state index in [4.69, 9.17) is 0 Å². The van der Waals surface area contributed by atoms with Gasteiger partial charge in [-0.05, 0) is 43.2 Å². The molecule has 1 heteroatoms. The highest BCUT2D eigenvalue weighted by Gasteiger charge is 1.92. The third kappa shape index (κ3) is 2.57. The molecule has 0 atom stereocenters. The van der Waals surface area contributed by atoms with E-state index in [2.05, 4.69) is 48.3 Å². The van der Waals surface area contributed by atoms with Gasteiger partial charge >= 0.3 is 0 Å². The summed E-state index contributed by atoms with van der Waals surface area (Å²) in [5, 5.41) is 0. The second-order valence-corrected chi connectivity index (χ2v) is 3.89. The average Bonchev–Trinajstić information content (AvgIpc) is 2.28. The topological polar surface area (TPSA) is 12.9 Å². The van der Waals surface area contributed by atoms with Gasteiger partial charge in [0.25, 0.3) is 0 Å². The van der Waals surface area contributed by atoms with Crippen LogP contribution in [0.2, 0.25) is 0 Å². The van der Waals surface area contributed by atoms with Gasteiger partial charge in [0.1, 0.15) is 0 Å². The minimum absolute atomic E-state index is 1.00. The number of nitrogens with zero attached hydrogens (tertiary/aromatic N) is 1. The fraction of sp³-hybridized carbons (Fsp3) is 0.133. The lowest BCUT2D eigenvalue weighted by atomic mass is 10.1. The number of aryl methyl sites for hydroxylation is 2. The Bertz CT molecular complexity index is 512. The molecule has 0 spiro atoms. The Morgan fingerprint density at radius 2 is 1.69 bits per heavy atom. The fourth-order valence-electron chi connectivity index (χ4n) is 1.61. The van der Waals surface area contributed by atoms with Crippen molar-refractivity contribution in [2.24, 2.45) is 0 Å². The van der Waals surface area contributed by atoms with Crippen molar-refractivity contribution in [3.05, 3.63) is 65.0 Å². The van der Waals surface area contributed by atoms with Crippen molar-refractivity contribution in [1.29, 1.82) is 0 Å². The summed E-state index contributed by atoms with van der Waals surface area (Å²) in [7, 11) is 0. The first-order valence-corrected chi connectivity index (χ1v) is 5.43. The van der Waals surface area contributed by atoms with Crippen LogP contribution in [0.5, 0.6) is 0 Å². The molecule has 0 amide bonds. The lowest BCUT2D eigenvalue weighted by molar-refractivity contribution is 1.18. The van der Waals surface area contributed by atoms with Gasteiger partial charge in [0.05, 0.1) is 5.69 Å². The van der Waals surface area contributed by atoms with E-state index in [1.165, 1.54) is 11.1 Å². The van der Waals surface area contributed by atoms with Crippen LogP contribution in [0.1, 0.15) is 22.5 Å². The van der Waals surface area contributed by atoms with Crippen LogP contribution < -0.4 is 0 Å². The van der Waals surface area contributed by atoms with E-state index in [9.17, 15) is 0 Å². The van der Waals surface area contributed by atoms with Crippen molar-refractivity contribution in [3.8, 4) is 0 Å². The summed E-state index contributed by atoms with van der Waals surface area (Å²) < 4.78 is 0. The predicted octanol–water partition coefficient (Wildman–Crippen LogP) is 3.87. The van der Waals surface area contributed by atoms with Gasteiger partial charge in [-0.3, -0.25) is 4.98 Å². The minimum Gasteiger partial charge on any atom is -0.254 e. The SMILES string of the molecule is Cc1cccc(C=Cc2ccccc2C)n1. The normalized spacial score (nSPS) is 10.9. The molecule has 1 nitrogen and oxygen atoms in total. The maximum absolute atomic E-state index is 4.43. The maximum atomic E-state index is 4.43. The van der Waals surface area contributed by atoms with Crippen molar-refractivity contribution in [1.82, 2.24) is 4.98 Å². The summed E-state index contributed by atoms with van der Waals surface area (Å²) in [6.07, 6.45) is 4.16. The van der Waals surface area contributed by atoms with Gasteiger partial charge in [-0.1, -0.05) is 36.4 Å². The van der Waals surface area contributed by atoms with Crippen LogP contribution in [-0.4, -0.2) is 4.98 Å². The van der Waals surface area contributed by atoms with E-state index < -0.39 is 0 Å². The molecule has 0 aliphatic carbocycles. The van der Waals surface area contributed by atoms with Crippen LogP contribution in [0.4, 0.5) is 0 Å². The summed E-state index contributed by atoms with van der Waals surface area (Å²) in [4.78, 5) is 4.43. The quantitative estimate of drug-likeness (QED) is 0.731. The summed E-state index contributed by atoms with van der Waals surface area (Å²) >= 11 is 0. The molecule has 0 radical (unpaired) electrons. The van der Waals surface area contributed by atoms with Crippen LogP contribution in [0, 0.1) is 13.8 Å². The minimum atomic E-state index is 1.00. The van der Waals surface area contributed by atoms with Gasteiger partial charge in [-0.15, -0.1) is 0 Å². The smallest absolute Gasteiger partial charge is 0.0633 e. The zero-order valence-corrected chi connectivity index (χ0v) is 9.64. The van der Waals surface area contributed by atoms with E-state index in [1.807, 2.05) is 25.1 Å². The van der Waals surface area contributed by atoms with Gasteiger partial charge in [0.2, 0.25) is 0 Å². The molecule has 0 unspecified atom stereocenters. The van der Waals surface area contributed by atoms with Gasteiger partial charge in [0.15, 0.2) is 0 Å². The van der Waals surface area contributed by atoms with Crippen molar-refractivity contribution >= 4 is 12.2 Å². The van der Waals surface area contributed by atoms with E-state index >= 15 is 0 Å². The Balaban J connectivity index is 2.25. The lowest BCUT2D eigenvalue weighted by Gasteiger charge is -1.99. The first-order valence-electron chi connectivity index (χ1n) is 5.43. The Morgan fingerprint density at radius 1 is 0.875 bits per heavy atom. The number of benzene rings is 1. The van der Waals surface area contributed by atoms with Gasteiger partial charge in [-0.2, -0.15) is 0 Å². The first kappa shape index (κ1) is 10.6. The van der Waals surface area contributed by atoms with Gasteiger partial charge in [0, 0.05) is 5.69 Å². The monoisotopic (exact) mass is 209 g/mol. The lowest BCUT2D eigenvalue weighted by Crippen LogP contribution is -1.84. The van der Waals surface area contributed by atoms with Crippen LogP contribution in [0.25, 0.3) is 12.2 Å². The molecule has 2 rings (SSSR count). The predicted molar refractivity (Wildman–Crippen MR) is 69.1 cm³/mol. The maximum Gasteiger partial charge on any atom is 0.0633 e. The summed E-state index contributed by atoms with van der Waals surface area (Å²) in [6.45, 7) is 4.12. The Morgan fingerprint density at radius 3 is 2.44 bits per heavy atom. The molecule has 0 aliphatic rings. The highest BCUT2D eigenvalue weighted by atomic mass is 14.7. The number of pyridine rings is 1. The second kappa shape index (κ2) is 4.75. The molecule has 0 saturated heterocycles. The van der Waals surface area contributed by atoms with Gasteiger partial charge in [-0.25, -0.2) is 0 Å². The molecular weight excluding hydrogens is 194 g/mol. The van der Waals surface area contributed by atoms with Crippen molar-refractivity contribution < 1.29 is 0 Å². The molecule has 0 N–H and O–H groups in total. The zero-order valence-electron chi connectivity index (χ0n) is 9.64. The van der Waals surface area contributed by atoms with E-state index in [0.29, 0.717) is 0 Å². The summed E-state index contributed by atoms with van der Waals surface area (Å²) in [5.41, 5.74) is 4.58. The standard InChI is InChI=1S/C15H15N/c1-12-6-3-4-8-14(12)10-11-15-9-5-7-13(2)16-15/h3-11H,1-2H3. The molecule has 0 saturated carbocycles. The molecule has 1 aromatic heterocycles. The molecule has 0 bridgehead atoms. The Hall–Kier alpha value is -1.89. The highest BCUT2D eigenvalue weighted by Crippen LogP contribution is 2.11. The van der Waals surface area contributed by atoms with Crippen LogP contribution in [-0.2, 0) is 0 Å². The highest BCUT2D eigenvalue weighted by molar-refractivity contribution is 5.69. The second-order valence-electron chi connectivity index (χ2n) is 3.89. The number of hydrogen-bond donors (Lipinski definition) is 0. The third-order valence-corrected chi connectivity index (χ3v) is 2.53. The molecule has 1 aromatic carbocycles. The summed E-state index contributed by atoms with van der Waals surface area (Å²) in [6, 6.07) is 14.4. The number of hydrogen-bond acceptors (Lipinski definition) is 1. The van der Waals surface area contributed by atoms with E-state index in [1.54, 1.807) is 0 Å². The summed E-state index contributed by atoms with van der Waals surface area (Å²) in [5.74, 6) is 0. The van der Waals surface area contributed by atoms with Crippen molar-refractivity contribution in [3.63, 3.8) is 0 Å². The van der Waals surface area contributed by atoms with Crippen molar-refractivity contribution in [2.45, 2.75) is 13.8 Å². The Labute approximate surface area is 96.5 Å². The molecule has 16 heavy (non-hydrogen) atoms. The molecule has 0 fully saturated rings. The molecular formula is C15H15N. The third-order valence-electron chi connectivity index (χ3n) is 2.53. The number of rotatable bonds is 2. The molecule has 2 aromatic rings. The van der Waals surface area contributed by atoms with E-state index in [-0.39, 0.29) is 0 Å². The van der Waals surface area contributed by atoms with E-state index in [0.717, 1.165) is 11.4 Å². The first-order chi connectivity index (χ1) is 7.75. The largest absolute Gasteiger partial charge is 0.254 e.